The molecule has 142 valence electrons. The third-order valence-electron chi connectivity index (χ3n) is 4.77. The summed E-state index contributed by atoms with van der Waals surface area (Å²) in [6.07, 6.45) is 4.31. The van der Waals surface area contributed by atoms with Crippen LogP contribution in [0.15, 0.2) is 36.7 Å². The molecule has 0 unspecified atom stereocenters. The van der Waals surface area contributed by atoms with Gasteiger partial charge in [0.25, 0.3) is 11.8 Å². The molecule has 1 aromatic carbocycles. The molecular formula is C20H19N5O3. The maximum absolute atomic E-state index is 13.0. The summed E-state index contributed by atoms with van der Waals surface area (Å²) in [6, 6.07) is 9.47. The van der Waals surface area contributed by atoms with Gasteiger partial charge in [0.1, 0.15) is 23.6 Å². The van der Waals surface area contributed by atoms with Gasteiger partial charge in [-0.25, -0.2) is 9.97 Å². The average molecular weight is 377 g/mol. The summed E-state index contributed by atoms with van der Waals surface area (Å²) in [5.74, 6) is 0.863. The van der Waals surface area contributed by atoms with E-state index in [2.05, 4.69) is 15.0 Å². The molecule has 28 heavy (non-hydrogen) atoms. The van der Waals surface area contributed by atoms with Crippen molar-refractivity contribution in [1.29, 1.82) is 5.26 Å². The molecule has 0 bridgehead atoms. The molecule has 1 saturated heterocycles. The lowest BCUT2D eigenvalue weighted by molar-refractivity contribution is 0.0522. The fraction of sp³-hybridized carbons (Fsp3) is 0.300. The Labute approximate surface area is 161 Å². The predicted molar refractivity (Wildman–Crippen MR) is 101 cm³/mol. The average Bonchev–Trinajstić information content (AvgIpc) is 3.17. The lowest BCUT2D eigenvalue weighted by Gasteiger charge is -2.32. The van der Waals surface area contributed by atoms with E-state index in [0.29, 0.717) is 18.8 Å². The van der Waals surface area contributed by atoms with Gasteiger partial charge in [0, 0.05) is 35.9 Å². The summed E-state index contributed by atoms with van der Waals surface area (Å²) in [6.45, 7) is 1.09. The van der Waals surface area contributed by atoms with Gasteiger partial charge in [-0.3, -0.25) is 4.79 Å². The fourth-order valence-corrected chi connectivity index (χ4v) is 3.38. The normalized spacial score (nSPS) is 16.6. The van der Waals surface area contributed by atoms with Crippen molar-refractivity contribution < 1.29 is 14.3 Å². The van der Waals surface area contributed by atoms with E-state index in [0.717, 1.165) is 29.5 Å². The smallest absolute Gasteiger partial charge is 0.270 e. The Kier molecular flexibility index (Phi) is 4.81. The van der Waals surface area contributed by atoms with Crippen LogP contribution in [0.1, 0.15) is 29.0 Å². The van der Waals surface area contributed by atoms with E-state index in [1.165, 1.54) is 12.4 Å². The van der Waals surface area contributed by atoms with Crippen molar-refractivity contribution in [3.63, 3.8) is 0 Å². The van der Waals surface area contributed by atoms with Crippen LogP contribution in [0.3, 0.4) is 0 Å². The van der Waals surface area contributed by atoms with E-state index in [9.17, 15) is 4.79 Å². The van der Waals surface area contributed by atoms with Gasteiger partial charge in [-0.2, -0.15) is 5.26 Å². The Morgan fingerprint density at radius 3 is 3.00 bits per heavy atom. The lowest BCUT2D eigenvalue weighted by atomic mass is 10.1. The summed E-state index contributed by atoms with van der Waals surface area (Å²) >= 11 is 0. The first-order valence-electron chi connectivity index (χ1n) is 9.01. The number of carbonyl (C=O) groups excluding carboxylic acids is 1. The minimum absolute atomic E-state index is 0.0804. The third kappa shape index (κ3) is 3.47. The number of likely N-dealkylation sites (tertiary alicyclic amines) is 1. The zero-order valence-corrected chi connectivity index (χ0v) is 15.4. The molecule has 8 heteroatoms. The quantitative estimate of drug-likeness (QED) is 0.749. The highest BCUT2D eigenvalue weighted by atomic mass is 16.5. The van der Waals surface area contributed by atoms with Gasteiger partial charge in [0.05, 0.1) is 13.7 Å². The highest BCUT2D eigenvalue weighted by molar-refractivity contribution is 5.98. The molecule has 1 fully saturated rings. The number of methoxy groups -OCH3 is 1. The molecule has 3 heterocycles. The van der Waals surface area contributed by atoms with Crippen LogP contribution >= 0.6 is 0 Å². The minimum atomic E-state index is -0.231. The van der Waals surface area contributed by atoms with E-state index < -0.39 is 0 Å². The van der Waals surface area contributed by atoms with Crippen molar-refractivity contribution in [2.75, 3.05) is 20.2 Å². The second kappa shape index (κ2) is 7.56. The van der Waals surface area contributed by atoms with Crippen LogP contribution in [-0.4, -0.2) is 52.1 Å². The molecule has 1 aliphatic rings. The second-order valence-corrected chi connectivity index (χ2v) is 6.59. The van der Waals surface area contributed by atoms with Gasteiger partial charge < -0.3 is 19.4 Å². The molecule has 1 N–H and O–H groups in total. The number of amides is 1. The van der Waals surface area contributed by atoms with Crippen molar-refractivity contribution in [2.24, 2.45) is 0 Å². The molecule has 0 saturated carbocycles. The number of benzene rings is 1. The number of hydrogen-bond donors (Lipinski definition) is 1. The van der Waals surface area contributed by atoms with Crippen LogP contribution in [0.5, 0.6) is 11.6 Å². The monoisotopic (exact) mass is 377 g/mol. The molecule has 0 spiro atoms. The van der Waals surface area contributed by atoms with Crippen molar-refractivity contribution in [3.8, 4) is 17.7 Å². The number of nitrogens with zero attached hydrogens (tertiary/aromatic N) is 4. The third-order valence-corrected chi connectivity index (χ3v) is 4.77. The second-order valence-electron chi connectivity index (χ2n) is 6.59. The Hall–Kier alpha value is -3.60. The number of fused-ring (bicyclic) bond motifs is 1. The Bertz CT molecular complexity index is 1060. The molecule has 3 aromatic rings. The van der Waals surface area contributed by atoms with E-state index in [4.69, 9.17) is 14.7 Å². The number of H-pyrrole nitrogens is 1. The van der Waals surface area contributed by atoms with E-state index in [-0.39, 0.29) is 23.6 Å². The van der Waals surface area contributed by atoms with Crippen molar-refractivity contribution in [1.82, 2.24) is 19.9 Å². The molecule has 4 rings (SSSR count). The van der Waals surface area contributed by atoms with Gasteiger partial charge in [0.2, 0.25) is 5.69 Å². The van der Waals surface area contributed by atoms with E-state index >= 15 is 0 Å². The Morgan fingerprint density at radius 1 is 1.32 bits per heavy atom. The van der Waals surface area contributed by atoms with Crippen LogP contribution < -0.4 is 9.47 Å². The first-order valence-corrected chi connectivity index (χ1v) is 9.01. The topological polar surface area (TPSA) is 104 Å². The minimum Gasteiger partial charge on any atom is -0.497 e. The lowest BCUT2D eigenvalue weighted by Crippen LogP contribution is -2.44. The summed E-state index contributed by atoms with van der Waals surface area (Å²) in [5.41, 5.74) is 1.53. The zero-order valence-electron chi connectivity index (χ0n) is 15.4. The largest absolute Gasteiger partial charge is 0.497 e. The number of hydrogen-bond acceptors (Lipinski definition) is 6. The summed E-state index contributed by atoms with van der Waals surface area (Å²) < 4.78 is 11.1. The maximum atomic E-state index is 13.0. The Morgan fingerprint density at radius 2 is 2.18 bits per heavy atom. The summed E-state index contributed by atoms with van der Waals surface area (Å²) in [5, 5.41) is 10.1. The fourth-order valence-electron chi connectivity index (χ4n) is 3.38. The number of carbonyl (C=O) groups is 1. The standard InChI is InChI=1S/C20H19N5O3/c1-27-14-5-4-13-9-17(24-16(13)10-14)20(26)25-8-2-3-15(12-25)28-19-18(11-21)22-6-7-23-19/h4-7,9-10,15,24H,2-3,8,12H2,1H3/t15-/m0/s1. The van der Waals surface area contributed by atoms with Crippen LogP contribution in [0.4, 0.5) is 0 Å². The highest BCUT2D eigenvalue weighted by Crippen LogP contribution is 2.24. The van der Waals surface area contributed by atoms with E-state index in [1.807, 2.05) is 30.3 Å². The molecule has 8 nitrogen and oxygen atoms in total. The maximum Gasteiger partial charge on any atom is 0.270 e. The number of rotatable bonds is 4. The number of aromatic amines is 1. The van der Waals surface area contributed by atoms with Crippen LogP contribution in [0.2, 0.25) is 0 Å². The van der Waals surface area contributed by atoms with Crippen molar-refractivity contribution in [3.05, 3.63) is 48.0 Å². The first-order chi connectivity index (χ1) is 13.7. The Balaban J connectivity index is 1.49. The highest BCUT2D eigenvalue weighted by Gasteiger charge is 2.27. The molecule has 2 aromatic heterocycles. The SMILES string of the molecule is COc1ccc2cc(C(=O)N3CCC[C@H](Oc4nccnc4C#N)C3)[nH]c2c1. The van der Waals surface area contributed by atoms with Gasteiger partial charge in [0.15, 0.2) is 0 Å². The molecule has 1 aliphatic heterocycles. The molecule has 1 atom stereocenters. The van der Waals surface area contributed by atoms with Crippen LogP contribution in [0, 0.1) is 11.3 Å². The number of aromatic nitrogens is 3. The first kappa shape index (κ1) is 17.8. The number of ether oxygens (including phenoxy) is 2. The summed E-state index contributed by atoms with van der Waals surface area (Å²) in [7, 11) is 1.61. The van der Waals surface area contributed by atoms with E-state index in [1.54, 1.807) is 12.0 Å². The van der Waals surface area contributed by atoms with Gasteiger partial charge in [-0.15, -0.1) is 0 Å². The molecule has 0 radical (unpaired) electrons. The molecular weight excluding hydrogens is 358 g/mol. The summed E-state index contributed by atoms with van der Waals surface area (Å²) in [4.78, 5) is 26.0. The van der Waals surface area contributed by atoms with Gasteiger partial charge in [-0.1, -0.05) is 0 Å². The van der Waals surface area contributed by atoms with Crippen LogP contribution in [0.25, 0.3) is 10.9 Å². The predicted octanol–water partition coefficient (Wildman–Crippen LogP) is 2.52. The number of nitriles is 1. The van der Waals surface area contributed by atoms with Crippen LogP contribution in [-0.2, 0) is 0 Å². The molecule has 1 amide bonds. The van der Waals surface area contributed by atoms with Gasteiger partial charge >= 0.3 is 0 Å². The van der Waals surface area contributed by atoms with Crippen molar-refractivity contribution >= 4 is 16.8 Å². The number of piperidine rings is 1. The molecule has 0 aliphatic carbocycles. The van der Waals surface area contributed by atoms with Crippen molar-refractivity contribution in [2.45, 2.75) is 18.9 Å². The van der Waals surface area contributed by atoms with Gasteiger partial charge in [-0.05, 0) is 31.0 Å². The number of nitrogens with one attached hydrogen (secondary N) is 1. The zero-order chi connectivity index (χ0) is 19.5.